The molecule has 1 aromatic heterocycles. The molecule has 0 bridgehead atoms. The number of halogens is 1. The van der Waals surface area contributed by atoms with Gasteiger partial charge in [-0.1, -0.05) is 0 Å². The lowest BCUT2D eigenvalue weighted by Crippen LogP contribution is -2.25. The second-order valence-electron chi connectivity index (χ2n) is 2.84. The molecule has 1 aromatic rings. The Morgan fingerprint density at radius 3 is 2.57 bits per heavy atom. The number of rotatable bonds is 2. The minimum absolute atomic E-state index is 0. The summed E-state index contributed by atoms with van der Waals surface area (Å²) in [7, 11) is 0. The van der Waals surface area contributed by atoms with Gasteiger partial charge in [-0.15, -0.1) is 12.4 Å². The Morgan fingerprint density at radius 2 is 2.14 bits per heavy atom. The van der Waals surface area contributed by atoms with Crippen LogP contribution in [0.1, 0.15) is 18.8 Å². The summed E-state index contributed by atoms with van der Waals surface area (Å²) in [5, 5.41) is 18.2. The molecule has 14 heavy (non-hydrogen) atoms. The fourth-order valence-corrected chi connectivity index (χ4v) is 0.833. The Morgan fingerprint density at radius 1 is 1.57 bits per heavy atom. The molecule has 0 aliphatic rings. The molecule has 0 saturated carbocycles. The summed E-state index contributed by atoms with van der Waals surface area (Å²) in [6.07, 6.45) is -0.156. The molecule has 0 aliphatic carbocycles. The van der Waals surface area contributed by atoms with E-state index in [1.165, 1.54) is 0 Å². The zero-order valence-corrected chi connectivity index (χ0v) is 8.32. The highest BCUT2D eigenvalue weighted by molar-refractivity contribution is 5.85. The van der Waals surface area contributed by atoms with Crippen LogP contribution in [0.15, 0.2) is 21.5 Å². The average molecular weight is 222 g/mol. The van der Waals surface area contributed by atoms with Crippen LogP contribution < -0.4 is 11.2 Å². The van der Waals surface area contributed by atoms with Crippen LogP contribution in [-0.4, -0.2) is 16.3 Å². The van der Waals surface area contributed by atoms with Gasteiger partial charge < -0.3 is 20.4 Å². The molecule has 0 spiro atoms. The van der Waals surface area contributed by atoms with Crippen LogP contribution in [0.25, 0.3) is 0 Å². The third kappa shape index (κ3) is 2.73. The lowest BCUT2D eigenvalue weighted by atomic mass is 10.1. The van der Waals surface area contributed by atoms with Crippen LogP contribution in [-0.2, 0) is 0 Å². The van der Waals surface area contributed by atoms with Crippen LogP contribution in [0.5, 0.6) is 5.75 Å². The molecule has 0 radical (unpaired) electrons. The zero-order chi connectivity index (χ0) is 10.0. The largest absolute Gasteiger partial charge is 0.502 e. The molecule has 2 atom stereocenters. The second-order valence-corrected chi connectivity index (χ2v) is 2.84. The van der Waals surface area contributed by atoms with Gasteiger partial charge in [0.1, 0.15) is 18.1 Å². The van der Waals surface area contributed by atoms with E-state index >= 15 is 0 Å². The maximum Gasteiger partial charge on any atom is 0.226 e. The van der Waals surface area contributed by atoms with E-state index < -0.39 is 23.3 Å². The number of nitrogens with two attached hydrogens (primary N) is 1. The van der Waals surface area contributed by atoms with Crippen LogP contribution >= 0.6 is 12.4 Å². The van der Waals surface area contributed by atoms with Gasteiger partial charge in [0.25, 0.3) is 0 Å². The van der Waals surface area contributed by atoms with E-state index in [9.17, 15) is 9.90 Å². The second kappa shape index (κ2) is 4.99. The van der Waals surface area contributed by atoms with Gasteiger partial charge in [-0.25, -0.2) is 0 Å². The van der Waals surface area contributed by atoms with Gasteiger partial charge in [0.2, 0.25) is 5.43 Å². The molecule has 0 fully saturated rings. The number of hydrogen-bond acceptors (Lipinski definition) is 5. The van der Waals surface area contributed by atoms with Crippen LogP contribution in [0, 0.1) is 0 Å². The molecular weight excluding hydrogens is 210 g/mol. The SMILES string of the molecule is CC(N)C(O)c1cc(=O)c(O)co1.Cl. The van der Waals surface area contributed by atoms with Crippen LogP contribution in [0.2, 0.25) is 0 Å². The molecule has 80 valence electrons. The Balaban J connectivity index is 0.00000169. The zero-order valence-electron chi connectivity index (χ0n) is 7.51. The Bertz CT molecular complexity index is 349. The first-order chi connectivity index (χ1) is 6.02. The number of aliphatic hydroxyl groups is 1. The first kappa shape index (κ1) is 13.0. The molecule has 0 aliphatic heterocycles. The standard InChI is InChI=1S/C8H11NO4.ClH/c1-4(9)8(12)7-2-5(10)6(11)3-13-7;/h2-4,8,11-12H,9H2,1H3;1H. The average Bonchev–Trinajstić information content (AvgIpc) is 2.08. The van der Waals surface area contributed by atoms with Gasteiger partial charge in [0.05, 0.1) is 0 Å². The third-order valence-electron chi connectivity index (χ3n) is 1.62. The van der Waals surface area contributed by atoms with Gasteiger partial charge in [0, 0.05) is 12.1 Å². The summed E-state index contributed by atoms with van der Waals surface area (Å²) in [5.41, 5.74) is 4.79. The van der Waals surface area contributed by atoms with Crippen molar-refractivity contribution in [3.63, 3.8) is 0 Å². The normalized spacial score (nSPS) is 14.2. The lowest BCUT2D eigenvalue weighted by molar-refractivity contribution is 0.124. The molecule has 0 aromatic carbocycles. The van der Waals surface area contributed by atoms with E-state index in [2.05, 4.69) is 0 Å². The van der Waals surface area contributed by atoms with Crippen molar-refractivity contribution >= 4 is 12.4 Å². The fourth-order valence-electron chi connectivity index (χ4n) is 0.833. The number of hydrogen-bond donors (Lipinski definition) is 3. The first-order valence-corrected chi connectivity index (χ1v) is 3.77. The summed E-state index contributed by atoms with van der Waals surface area (Å²) in [6.45, 7) is 1.58. The highest BCUT2D eigenvalue weighted by Gasteiger charge is 2.15. The van der Waals surface area contributed by atoms with Gasteiger partial charge >= 0.3 is 0 Å². The molecule has 4 N–H and O–H groups in total. The van der Waals surface area contributed by atoms with Gasteiger partial charge in [-0.3, -0.25) is 4.79 Å². The van der Waals surface area contributed by atoms with Crippen molar-refractivity contribution in [2.75, 3.05) is 0 Å². The molecule has 5 nitrogen and oxygen atoms in total. The quantitative estimate of drug-likeness (QED) is 0.661. The van der Waals surface area contributed by atoms with Crippen LogP contribution in [0.4, 0.5) is 0 Å². The highest BCUT2D eigenvalue weighted by Crippen LogP contribution is 2.15. The van der Waals surface area contributed by atoms with E-state index in [1.807, 2.05) is 0 Å². The summed E-state index contributed by atoms with van der Waals surface area (Å²) in [4.78, 5) is 10.9. The maximum atomic E-state index is 10.9. The minimum Gasteiger partial charge on any atom is -0.502 e. The topological polar surface area (TPSA) is 96.7 Å². The van der Waals surface area contributed by atoms with Crippen molar-refractivity contribution < 1.29 is 14.6 Å². The van der Waals surface area contributed by atoms with Gasteiger partial charge in [0.15, 0.2) is 5.75 Å². The third-order valence-corrected chi connectivity index (χ3v) is 1.62. The van der Waals surface area contributed by atoms with E-state index in [0.29, 0.717) is 0 Å². The fraction of sp³-hybridized carbons (Fsp3) is 0.375. The van der Waals surface area contributed by atoms with Crippen molar-refractivity contribution in [2.45, 2.75) is 19.1 Å². The first-order valence-electron chi connectivity index (χ1n) is 3.77. The molecule has 0 saturated heterocycles. The predicted octanol–water partition coefficient (Wildman–Crippen LogP) is 0.148. The van der Waals surface area contributed by atoms with Crippen molar-refractivity contribution in [3.05, 3.63) is 28.3 Å². The summed E-state index contributed by atoms with van der Waals surface area (Å²) in [5.74, 6) is -0.432. The minimum atomic E-state index is -1.03. The Hall–Kier alpha value is -1.04. The molecule has 1 rings (SSSR count). The monoisotopic (exact) mass is 221 g/mol. The molecule has 0 amide bonds. The molecule has 1 heterocycles. The summed E-state index contributed by atoms with van der Waals surface area (Å²) < 4.78 is 4.78. The van der Waals surface area contributed by atoms with E-state index in [4.69, 9.17) is 15.3 Å². The lowest BCUT2D eigenvalue weighted by Gasteiger charge is -2.12. The number of aromatic hydroxyl groups is 1. The van der Waals surface area contributed by atoms with Crippen molar-refractivity contribution in [1.82, 2.24) is 0 Å². The van der Waals surface area contributed by atoms with Gasteiger partial charge in [-0.2, -0.15) is 0 Å². The highest BCUT2D eigenvalue weighted by atomic mass is 35.5. The predicted molar refractivity (Wildman–Crippen MR) is 52.5 cm³/mol. The smallest absolute Gasteiger partial charge is 0.226 e. The maximum absolute atomic E-state index is 10.9. The van der Waals surface area contributed by atoms with Crippen molar-refractivity contribution in [1.29, 1.82) is 0 Å². The van der Waals surface area contributed by atoms with Gasteiger partial charge in [-0.05, 0) is 6.92 Å². The van der Waals surface area contributed by atoms with Crippen molar-refractivity contribution in [2.24, 2.45) is 5.73 Å². The molecular formula is C8H12ClNO4. The van der Waals surface area contributed by atoms with E-state index in [-0.39, 0.29) is 18.2 Å². The Kier molecular flexibility index (Phi) is 4.62. The summed E-state index contributed by atoms with van der Waals surface area (Å²) in [6, 6.07) is 0.483. The summed E-state index contributed by atoms with van der Waals surface area (Å²) >= 11 is 0. The van der Waals surface area contributed by atoms with E-state index in [1.54, 1.807) is 6.92 Å². The number of aliphatic hydroxyl groups excluding tert-OH is 1. The Labute approximate surface area is 86.6 Å². The van der Waals surface area contributed by atoms with Crippen LogP contribution in [0.3, 0.4) is 0 Å². The molecule has 2 unspecified atom stereocenters. The van der Waals surface area contributed by atoms with E-state index in [0.717, 1.165) is 12.3 Å². The molecule has 6 heteroatoms. The van der Waals surface area contributed by atoms with Crippen molar-refractivity contribution in [3.8, 4) is 5.75 Å².